The lowest BCUT2D eigenvalue weighted by molar-refractivity contribution is -0.437. The Morgan fingerprint density at radius 2 is 1.45 bits per heavy atom. The molecule has 0 aromatic heterocycles. The van der Waals surface area contributed by atoms with Gasteiger partial charge in [-0.15, -0.1) is 0 Å². The van der Waals surface area contributed by atoms with E-state index in [2.05, 4.69) is 0 Å². The van der Waals surface area contributed by atoms with Gasteiger partial charge >= 0.3 is 21.2 Å². The highest BCUT2D eigenvalue weighted by Gasteiger charge is 2.45. The molecule has 0 bridgehead atoms. The summed E-state index contributed by atoms with van der Waals surface area (Å²) in [6, 6.07) is 16.3. The molecule has 3 aromatic carbocycles. The molecule has 0 saturated heterocycles. The van der Waals surface area contributed by atoms with E-state index in [0.29, 0.717) is 54.1 Å². The van der Waals surface area contributed by atoms with E-state index in [4.69, 9.17) is 4.74 Å². The highest BCUT2D eigenvalue weighted by molar-refractivity contribution is 7.90. The molecule has 0 radical (unpaired) electrons. The molecule has 6 rings (SSSR count). The molecule has 16 nitrogen and oxygen atoms in total. The monoisotopic (exact) mass is 987 g/mol. The smallest absolute Gasteiger partial charge is 0.325 e. The van der Waals surface area contributed by atoms with Gasteiger partial charge in [-0.25, -0.2) is 8.42 Å². The number of ether oxygens (including phenoxy) is 1. The third-order valence-electron chi connectivity index (χ3n) is 12.2. The van der Waals surface area contributed by atoms with Gasteiger partial charge in [-0.05, 0) is 123 Å². The molecule has 20 heteroatoms. The van der Waals surface area contributed by atoms with Crippen LogP contribution in [0.2, 0.25) is 0 Å². The first-order valence-electron chi connectivity index (χ1n) is 21.4. The van der Waals surface area contributed by atoms with Crippen LogP contribution in [-0.2, 0) is 51.1 Å². The Kier molecular flexibility index (Phi) is 14.9. The number of benzene rings is 3. The van der Waals surface area contributed by atoms with Crippen molar-refractivity contribution in [1.29, 1.82) is 0 Å². The van der Waals surface area contributed by atoms with Gasteiger partial charge in [0.2, 0.25) is 5.69 Å². The molecule has 66 heavy (non-hydrogen) atoms. The van der Waals surface area contributed by atoms with Crippen LogP contribution in [0.15, 0.2) is 117 Å². The number of carboxylic acid groups (broad SMARTS) is 1. The van der Waals surface area contributed by atoms with Crippen LogP contribution in [0.1, 0.15) is 82.9 Å². The normalized spacial score (nSPS) is 18.7. The summed E-state index contributed by atoms with van der Waals surface area (Å²) in [6.45, 7) is 8.14. The Labute approximate surface area is 385 Å². The number of allylic oxidation sites excluding steroid dienone is 7. The van der Waals surface area contributed by atoms with Crippen molar-refractivity contribution in [2.45, 2.75) is 93.3 Å². The molecular formula is C46H57N2O14P2S2+. The molecule has 0 unspecified atom stereocenters. The van der Waals surface area contributed by atoms with Gasteiger partial charge < -0.3 is 34.3 Å². The van der Waals surface area contributed by atoms with Crippen LogP contribution in [0, 0.1) is 0 Å². The largest absolute Gasteiger partial charge is 0.481 e. The van der Waals surface area contributed by atoms with Crippen LogP contribution in [0.5, 0.6) is 5.75 Å². The van der Waals surface area contributed by atoms with Crippen LogP contribution >= 0.6 is 15.2 Å². The van der Waals surface area contributed by atoms with Gasteiger partial charge in [0, 0.05) is 60.1 Å². The second-order valence-electron chi connectivity index (χ2n) is 18.0. The third kappa shape index (κ3) is 12.0. The Bertz CT molecular complexity index is 2900. The number of aliphatic carboxylic acids is 1. The minimum absolute atomic E-state index is 0.0412. The van der Waals surface area contributed by atoms with Crippen molar-refractivity contribution in [2.75, 3.05) is 36.6 Å². The lowest BCUT2D eigenvalue weighted by Crippen LogP contribution is -2.28. The number of fused-ring (bicyclic) bond motifs is 2. The zero-order valence-corrected chi connectivity index (χ0v) is 40.8. The van der Waals surface area contributed by atoms with E-state index in [9.17, 15) is 60.0 Å². The van der Waals surface area contributed by atoms with E-state index >= 15 is 0 Å². The maximum Gasteiger partial charge on any atom is 0.325 e. The van der Waals surface area contributed by atoms with Crippen molar-refractivity contribution in [2.24, 2.45) is 0 Å². The second-order valence-corrected chi connectivity index (χ2v) is 24.9. The number of rotatable bonds is 18. The van der Waals surface area contributed by atoms with Crippen molar-refractivity contribution >= 4 is 58.2 Å². The molecule has 3 aliphatic rings. The Hall–Kier alpha value is -4.48. The highest BCUT2D eigenvalue weighted by Crippen LogP contribution is 2.50. The van der Waals surface area contributed by atoms with Crippen molar-refractivity contribution in [3.05, 3.63) is 124 Å². The number of hydrogen-bond donors (Lipinski definition) is 6. The van der Waals surface area contributed by atoms with Gasteiger partial charge in [-0.2, -0.15) is 13.0 Å². The van der Waals surface area contributed by atoms with Gasteiger partial charge in [-0.3, -0.25) is 18.5 Å². The van der Waals surface area contributed by atoms with E-state index in [1.807, 2.05) is 61.5 Å². The van der Waals surface area contributed by atoms with E-state index < -0.39 is 51.9 Å². The molecule has 6 N–H and O–H groups in total. The Morgan fingerprint density at radius 1 is 0.818 bits per heavy atom. The zero-order chi connectivity index (χ0) is 48.6. The van der Waals surface area contributed by atoms with E-state index in [1.165, 1.54) is 18.2 Å². The van der Waals surface area contributed by atoms with E-state index in [0.717, 1.165) is 39.9 Å². The molecule has 2 aliphatic heterocycles. The summed E-state index contributed by atoms with van der Waals surface area (Å²) in [5.74, 6) is 0.0943. The molecule has 0 spiro atoms. The van der Waals surface area contributed by atoms with Gasteiger partial charge in [0.1, 0.15) is 18.1 Å². The van der Waals surface area contributed by atoms with Crippen molar-refractivity contribution in [3.8, 4) is 5.75 Å². The van der Waals surface area contributed by atoms with Crippen molar-refractivity contribution in [1.82, 2.24) is 0 Å². The third-order valence-corrected chi connectivity index (χ3v) is 16.0. The van der Waals surface area contributed by atoms with Crippen molar-refractivity contribution < 1.29 is 69.3 Å². The maximum absolute atomic E-state index is 12.7. The SMILES string of the molecule is CC1(C)C(=CC=C2CCCC(C=CC3=[N+](CCCP(=O)(O)O)c4ccc(S(C)(=O)=O)cc4C3(C)C)=C2Oc2ccc(CCC(=O)O)cc2)N(CCCP(=O)(O)O)c2ccc(S(=O)(=O)O)cc21. The molecule has 2 heterocycles. The zero-order valence-electron chi connectivity index (χ0n) is 37.4. The molecule has 1 aliphatic carbocycles. The number of hydrogen-bond acceptors (Lipinski definition) is 9. The summed E-state index contributed by atoms with van der Waals surface area (Å²) in [5.41, 5.74) is 4.94. The molecule has 0 atom stereocenters. The van der Waals surface area contributed by atoms with Crippen LogP contribution in [0.3, 0.4) is 0 Å². The lowest BCUT2D eigenvalue weighted by atomic mass is 9.81. The molecule has 0 amide bonds. The average molecular weight is 988 g/mol. The molecular weight excluding hydrogens is 931 g/mol. The highest BCUT2D eigenvalue weighted by atomic mass is 32.2. The number of aryl methyl sites for hydroxylation is 1. The summed E-state index contributed by atoms with van der Waals surface area (Å²) in [4.78, 5) is 51.7. The fourth-order valence-electron chi connectivity index (χ4n) is 8.86. The topological polar surface area (TPSA) is 256 Å². The number of sulfone groups is 1. The van der Waals surface area contributed by atoms with Gasteiger partial charge in [0.05, 0.1) is 27.5 Å². The molecule has 3 aromatic rings. The summed E-state index contributed by atoms with van der Waals surface area (Å²) in [5, 5.41) is 9.22. The molecule has 0 fully saturated rings. The van der Waals surface area contributed by atoms with E-state index in [1.54, 1.807) is 42.5 Å². The summed E-state index contributed by atoms with van der Waals surface area (Å²) >= 11 is 0. The standard InChI is InChI=1S/C46H56N2O14P2S2/c1-45(2)37-29-35(65(5,57)58)18-20-39(37)47(25-7-27-63(51,52)53)41(45)22-14-32-9-6-10-33(44(32)62-34-16-11-31(12-17-34)13-24-43(49)50)15-23-42-46(3,4)38-30-36(66(59,60)61)19-21-40(38)48(42)26-8-28-64(54,55)56/h11-12,14-23,29-30H,6-10,13,24-28H2,1-5H3,(H5-,49,50,51,52,53,54,55,56,59,60,61)/p+1. The van der Waals surface area contributed by atoms with Gasteiger partial charge in [-0.1, -0.05) is 32.1 Å². The molecule has 0 saturated carbocycles. The van der Waals surface area contributed by atoms with Gasteiger partial charge in [0.25, 0.3) is 10.1 Å². The number of anilines is 1. The molecule has 356 valence electrons. The first-order chi connectivity index (χ1) is 30.6. The average Bonchev–Trinajstić information content (AvgIpc) is 3.55. The summed E-state index contributed by atoms with van der Waals surface area (Å²) in [7, 11) is -16.8. The first kappa shape index (κ1) is 50.9. The van der Waals surface area contributed by atoms with Crippen LogP contribution in [-0.4, -0.2) is 94.0 Å². The lowest BCUT2D eigenvalue weighted by Gasteiger charge is -2.27. The number of carbonyl (C=O) groups is 1. The van der Waals surface area contributed by atoms with Crippen LogP contribution in [0.25, 0.3) is 0 Å². The van der Waals surface area contributed by atoms with E-state index in [-0.39, 0.29) is 54.5 Å². The Morgan fingerprint density at radius 3 is 2.08 bits per heavy atom. The number of carboxylic acids is 1. The minimum atomic E-state index is -4.55. The van der Waals surface area contributed by atoms with Crippen LogP contribution in [0.4, 0.5) is 11.4 Å². The number of nitrogens with zero attached hydrogens (tertiary/aromatic N) is 2. The van der Waals surface area contributed by atoms with Gasteiger partial charge in [0.15, 0.2) is 15.5 Å². The van der Waals surface area contributed by atoms with Crippen molar-refractivity contribution in [3.63, 3.8) is 0 Å². The summed E-state index contributed by atoms with van der Waals surface area (Å²) < 4.78 is 92.2. The fourth-order valence-corrected chi connectivity index (χ4v) is 11.1. The Balaban J connectivity index is 1.49. The second kappa shape index (κ2) is 19.3. The predicted molar refractivity (Wildman–Crippen MR) is 251 cm³/mol. The maximum atomic E-state index is 12.7. The first-order valence-corrected chi connectivity index (χ1v) is 28.3. The summed E-state index contributed by atoms with van der Waals surface area (Å²) in [6.07, 6.45) is 10.5. The fraction of sp³-hybridized carbons (Fsp3) is 0.391. The van der Waals surface area contributed by atoms with Crippen LogP contribution < -0.4 is 9.64 Å². The predicted octanol–water partition coefficient (Wildman–Crippen LogP) is 7.55. The quantitative estimate of drug-likeness (QED) is 0.0409. The minimum Gasteiger partial charge on any atom is -0.481 e.